The van der Waals surface area contributed by atoms with Gasteiger partial charge in [0.1, 0.15) is 0 Å². The molecule has 0 aliphatic heterocycles. The monoisotopic (exact) mass is 442 g/mol. The van der Waals surface area contributed by atoms with E-state index in [0.717, 1.165) is 35.3 Å². The molecular weight excluding hydrogens is 416 g/mol. The molecule has 0 aliphatic carbocycles. The lowest BCUT2D eigenvalue weighted by Crippen LogP contribution is -2.22. The Labute approximate surface area is 192 Å². The molecule has 0 spiro atoms. The van der Waals surface area contributed by atoms with Crippen molar-refractivity contribution in [2.45, 2.75) is 13.0 Å². The van der Waals surface area contributed by atoms with E-state index in [0.29, 0.717) is 24.7 Å². The van der Waals surface area contributed by atoms with Gasteiger partial charge in [-0.15, -0.1) is 0 Å². The van der Waals surface area contributed by atoms with Crippen LogP contribution in [0.5, 0.6) is 5.75 Å². The maximum atomic E-state index is 12.4. The second kappa shape index (κ2) is 10.6. The second-order valence-corrected chi connectivity index (χ2v) is 7.90. The molecule has 3 aromatic heterocycles. The summed E-state index contributed by atoms with van der Waals surface area (Å²) in [5, 5.41) is 4.52. The summed E-state index contributed by atoms with van der Waals surface area (Å²) in [7, 11) is 4.08. The van der Waals surface area contributed by atoms with Crippen LogP contribution in [-0.2, 0) is 6.54 Å². The summed E-state index contributed by atoms with van der Waals surface area (Å²) >= 11 is 0. The highest BCUT2D eigenvalue weighted by Gasteiger charge is 2.07. The summed E-state index contributed by atoms with van der Waals surface area (Å²) in [6, 6.07) is 14.8. The largest absolute Gasteiger partial charge is 0.490 e. The predicted octanol–water partition coefficient (Wildman–Crippen LogP) is 3.14. The molecule has 0 amide bonds. The van der Waals surface area contributed by atoms with E-state index in [-0.39, 0.29) is 5.56 Å². The zero-order chi connectivity index (χ0) is 23.0. The zero-order valence-electron chi connectivity index (χ0n) is 18.8. The molecule has 3 heterocycles. The van der Waals surface area contributed by atoms with Gasteiger partial charge in [0.25, 0.3) is 5.56 Å². The SMILES string of the molecule is CN(C)CCCOc1cnc(-c2cccc(Cn3nc(-c4ccncc4)ccc3=O)c2)nc1. The van der Waals surface area contributed by atoms with Gasteiger partial charge in [-0.25, -0.2) is 14.6 Å². The molecule has 33 heavy (non-hydrogen) atoms. The van der Waals surface area contributed by atoms with Gasteiger partial charge in [0.15, 0.2) is 11.6 Å². The number of nitrogens with zero attached hydrogens (tertiary/aromatic N) is 6. The first-order valence-electron chi connectivity index (χ1n) is 10.8. The summed E-state index contributed by atoms with van der Waals surface area (Å²) < 4.78 is 7.17. The highest BCUT2D eigenvalue weighted by atomic mass is 16.5. The van der Waals surface area contributed by atoms with Gasteiger partial charge >= 0.3 is 0 Å². The molecule has 0 fully saturated rings. The van der Waals surface area contributed by atoms with Gasteiger partial charge in [-0.3, -0.25) is 9.78 Å². The average molecular weight is 443 g/mol. The molecule has 1 aromatic carbocycles. The van der Waals surface area contributed by atoms with Crippen molar-refractivity contribution in [3.63, 3.8) is 0 Å². The van der Waals surface area contributed by atoms with Crippen LogP contribution in [0, 0.1) is 0 Å². The third-order valence-corrected chi connectivity index (χ3v) is 5.01. The zero-order valence-corrected chi connectivity index (χ0v) is 18.8. The van der Waals surface area contributed by atoms with Gasteiger partial charge < -0.3 is 9.64 Å². The van der Waals surface area contributed by atoms with Crippen LogP contribution in [0.1, 0.15) is 12.0 Å². The van der Waals surface area contributed by atoms with Crippen molar-refractivity contribution in [2.24, 2.45) is 0 Å². The Morgan fingerprint density at radius 2 is 1.76 bits per heavy atom. The fraction of sp³-hybridized carbons (Fsp3) is 0.240. The smallest absolute Gasteiger partial charge is 0.267 e. The Kier molecular flexibility index (Phi) is 7.16. The summed E-state index contributed by atoms with van der Waals surface area (Å²) in [6.45, 7) is 1.94. The molecule has 0 saturated carbocycles. The van der Waals surface area contributed by atoms with E-state index in [1.165, 1.54) is 10.7 Å². The minimum absolute atomic E-state index is 0.162. The van der Waals surface area contributed by atoms with Crippen LogP contribution >= 0.6 is 0 Å². The van der Waals surface area contributed by atoms with Crippen molar-refractivity contribution in [3.8, 4) is 28.4 Å². The van der Waals surface area contributed by atoms with E-state index < -0.39 is 0 Å². The second-order valence-electron chi connectivity index (χ2n) is 7.90. The van der Waals surface area contributed by atoms with Gasteiger partial charge in [0.2, 0.25) is 0 Å². The molecule has 0 unspecified atom stereocenters. The molecule has 4 rings (SSSR count). The normalized spacial score (nSPS) is 11.0. The fourth-order valence-corrected chi connectivity index (χ4v) is 3.33. The van der Waals surface area contributed by atoms with Crippen LogP contribution in [-0.4, -0.2) is 56.9 Å². The lowest BCUT2D eigenvalue weighted by atomic mass is 10.1. The predicted molar refractivity (Wildman–Crippen MR) is 127 cm³/mol. The number of hydrogen-bond donors (Lipinski definition) is 0. The Hall–Kier alpha value is -3.91. The van der Waals surface area contributed by atoms with E-state index in [1.54, 1.807) is 30.9 Å². The highest BCUT2D eigenvalue weighted by molar-refractivity contribution is 5.57. The third kappa shape index (κ3) is 6.08. The van der Waals surface area contributed by atoms with Crippen molar-refractivity contribution < 1.29 is 4.74 Å². The van der Waals surface area contributed by atoms with Gasteiger partial charge in [-0.05, 0) is 50.3 Å². The van der Waals surface area contributed by atoms with Crippen LogP contribution < -0.4 is 10.3 Å². The van der Waals surface area contributed by atoms with E-state index in [2.05, 4.69) is 25.0 Å². The highest BCUT2D eigenvalue weighted by Crippen LogP contribution is 2.19. The first-order chi connectivity index (χ1) is 16.1. The van der Waals surface area contributed by atoms with Crippen LogP contribution in [0.4, 0.5) is 0 Å². The van der Waals surface area contributed by atoms with Crippen molar-refractivity contribution in [2.75, 3.05) is 27.2 Å². The minimum atomic E-state index is -0.162. The van der Waals surface area contributed by atoms with Gasteiger partial charge in [-0.2, -0.15) is 5.10 Å². The Bertz CT molecular complexity index is 1240. The van der Waals surface area contributed by atoms with E-state index >= 15 is 0 Å². The van der Waals surface area contributed by atoms with Gasteiger partial charge in [0.05, 0.1) is 31.2 Å². The minimum Gasteiger partial charge on any atom is -0.490 e. The summed E-state index contributed by atoms with van der Waals surface area (Å²) in [5.41, 5.74) is 3.26. The first kappa shape index (κ1) is 22.3. The fourth-order valence-electron chi connectivity index (χ4n) is 3.33. The molecular formula is C25H26N6O2. The molecule has 4 aromatic rings. The van der Waals surface area contributed by atoms with Crippen LogP contribution in [0.25, 0.3) is 22.6 Å². The number of rotatable bonds is 9. The number of pyridine rings is 1. The lowest BCUT2D eigenvalue weighted by molar-refractivity contribution is 0.280. The molecule has 8 nitrogen and oxygen atoms in total. The molecule has 168 valence electrons. The first-order valence-corrected chi connectivity index (χ1v) is 10.8. The number of hydrogen-bond acceptors (Lipinski definition) is 7. The number of benzene rings is 1. The Morgan fingerprint density at radius 3 is 2.52 bits per heavy atom. The topological polar surface area (TPSA) is 86.0 Å². The van der Waals surface area contributed by atoms with Gasteiger partial charge in [0, 0.05) is 36.1 Å². The summed E-state index contributed by atoms with van der Waals surface area (Å²) in [4.78, 5) is 27.4. The van der Waals surface area contributed by atoms with Crippen LogP contribution in [0.2, 0.25) is 0 Å². The van der Waals surface area contributed by atoms with E-state index in [1.807, 2.05) is 50.5 Å². The molecule has 0 N–H and O–H groups in total. The van der Waals surface area contributed by atoms with Gasteiger partial charge in [-0.1, -0.05) is 18.2 Å². The Balaban J connectivity index is 1.47. The quantitative estimate of drug-likeness (QED) is 0.368. The maximum Gasteiger partial charge on any atom is 0.267 e. The number of aromatic nitrogens is 5. The average Bonchev–Trinajstić information content (AvgIpc) is 2.84. The van der Waals surface area contributed by atoms with E-state index in [4.69, 9.17) is 4.74 Å². The summed E-state index contributed by atoms with van der Waals surface area (Å²) in [5.74, 6) is 1.25. The van der Waals surface area contributed by atoms with Crippen LogP contribution in [0.15, 0.2) is 78.1 Å². The molecule has 0 radical (unpaired) electrons. The molecule has 0 saturated heterocycles. The van der Waals surface area contributed by atoms with Crippen molar-refractivity contribution in [1.29, 1.82) is 0 Å². The van der Waals surface area contributed by atoms with Crippen molar-refractivity contribution >= 4 is 0 Å². The van der Waals surface area contributed by atoms with E-state index in [9.17, 15) is 4.79 Å². The van der Waals surface area contributed by atoms with Crippen molar-refractivity contribution in [1.82, 2.24) is 29.6 Å². The molecule has 0 aliphatic rings. The molecule has 0 bridgehead atoms. The summed E-state index contributed by atoms with van der Waals surface area (Å²) in [6.07, 6.45) is 7.72. The molecule has 0 atom stereocenters. The Morgan fingerprint density at radius 1 is 0.970 bits per heavy atom. The van der Waals surface area contributed by atoms with Crippen LogP contribution in [0.3, 0.4) is 0 Å². The number of ether oxygens (including phenoxy) is 1. The standard InChI is InChI=1S/C25H26N6O2/c1-30(2)13-4-14-33-22-16-27-25(28-17-22)21-6-3-5-19(15-21)18-31-24(32)8-7-23(29-31)20-9-11-26-12-10-20/h3,5-12,15-17H,4,13-14,18H2,1-2H3. The maximum absolute atomic E-state index is 12.4. The lowest BCUT2D eigenvalue weighted by Gasteiger charge is -2.10. The molecule has 8 heteroatoms. The van der Waals surface area contributed by atoms with Crippen molar-refractivity contribution in [3.05, 3.63) is 89.2 Å². The third-order valence-electron chi connectivity index (χ3n) is 5.01.